The summed E-state index contributed by atoms with van der Waals surface area (Å²) in [6.45, 7) is 8.37. The summed E-state index contributed by atoms with van der Waals surface area (Å²) >= 11 is 9.81. The van der Waals surface area contributed by atoms with Crippen molar-refractivity contribution in [1.82, 2.24) is 9.97 Å². The van der Waals surface area contributed by atoms with Gasteiger partial charge in [0.2, 0.25) is 0 Å². The minimum atomic E-state index is -0.0867. The SMILES string of the molecule is CNc1nc(-c2ccc(C)c(Cl)c2)nc(C(C)(C)C)c1Br. The lowest BCUT2D eigenvalue weighted by Crippen LogP contribution is -2.17. The lowest BCUT2D eigenvalue weighted by atomic mass is 9.91. The fourth-order valence-corrected chi connectivity index (χ4v) is 3.12. The molecular formula is C16H19BrClN3. The van der Waals surface area contributed by atoms with Crippen molar-refractivity contribution in [1.29, 1.82) is 0 Å². The van der Waals surface area contributed by atoms with Crippen molar-refractivity contribution in [3.8, 4) is 11.4 Å². The zero-order valence-corrected chi connectivity index (χ0v) is 15.2. The molecule has 112 valence electrons. The molecule has 1 aromatic carbocycles. The van der Waals surface area contributed by atoms with E-state index < -0.39 is 0 Å². The van der Waals surface area contributed by atoms with Crippen molar-refractivity contribution in [2.75, 3.05) is 12.4 Å². The maximum absolute atomic E-state index is 6.22. The molecule has 0 radical (unpaired) electrons. The van der Waals surface area contributed by atoms with Gasteiger partial charge in [-0.15, -0.1) is 0 Å². The molecule has 0 fully saturated rings. The number of aryl methyl sites for hydroxylation is 1. The van der Waals surface area contributed by atoms with Crippen molar-refractivity contribution in [2.24, 2.45) is 0 Å². The molecule has 0 aliphatic carbocycles. The van der Waals surface area contributed by atoms with Gasteiger partial charge in [-0.05, 0) is 34.5 Å². The van der Waals surface area contributed by atoms with Crippen LogP contribution in [0.15, 0.2) is 22.7 Å². The Morgan fingerprint density at radius 3 is 2.38 bits per heavy atom. The summed E-state index contributed by atoms with van der Waals surface area (Å²) in [5.74, 6) is 1.45. The molecule has 21 heavy (non-hydrogen) atoms. The largest absolute Gasteiger partial charge is 0.372 e. The molecule has 0 atom stereocenters. The van der Waals surface area contributed by atoms with Crippen LogP contribution in [-0.4, -0.2) is 17.0 Å². The monoisotopic (exact) mass is 367 g/mol. The maximum Gasteiger partial charge on any atom is 0.161 e. The molecule has 0 unspecified atom stereocenters. The van der Waals surface area contributed by atoms with Crippen LogP contribution in [0.1, 0.15) is 32.0 Å². The van der Waals surface area contributed by atoms with Gasteiger partial charge in [-0.1, -0.05) is 44.5 Å². The second-order valence-corrected chi connectivity index (χ2v) is 7.22. The first-order valence-corrected chi connectivity index (χ1v) is 7.93. The molecule has 0 saturated carbocycles. The smallest absolute Gasteiger partial charge is 0.161 e. The summed E-state index contributed by atoms with van der Waals surface area (Å²) in [5, 5.41) is 3.84. The number of hydrogen-bond acceptors (Lipinski definition) is 3. The van der Waals surface area contributed by atoms with E-state index in [1.54, 1.807) is 0 Å². The lowest BCUT2D eigenvalue weighted by Gasteiger charge is -2.21. The highest BCUT2D eigenvalue weighted by molar-refractivity contribution is 9.10. The fourth-order valence-electron chi connectivity index (χ4n) is 1.97. The van der Waals surface area contributed by atoms with Crippen molar-refractivity contribution >= 4 is 33.3 Å². The van der Waals surface area contributed by atoms with Gasteiger partial charge >= 0.3 is 0 Å². The van der Waals surface area contributed by atoms with E-state index in [9.17, 15) is 0 Å². The van der Waals surface area contributed by atoms with Crippen LogP contribution in [0.5, 0.6) is 0 Å². The first-order valence-electron chi connectivity index (χ1n) is 6.76. The summed E-state index contributed by atoms with van der Waals surface area (Å²) in [6.07, 6.45) is 0. The molecule has 0 spiro atoms. The molecule has 1 N–H and O–H groups in total. The minimum absolute atomic E-state index is 0.0867. The van der Waals surface area contributed by atoms with Gasteiger partial charge in [0, 0.05) is 23.0 Å². The van der Waals surface area contributed by atoms with Gasteiger partial charge in [-0.2, -0.15) is 0 Å². The molecule has 0 saturated heterocycles. The van der Waals surface area contributed by atoms with Gasteiger partial charge < -0.3 is 5.32 Å². The molecule has 2 rings (SSSR count). The van der Waals surface area contributed by atoms with Crippen molar-refractivity contribution < 1.29 is 0 Å². The lowest BCUT2D eigenvalue weighted by molar-refractivity contribution is 0.564. The number of rotatable bonds is 2. The van der Waals surface area contributed by atoms with Crippen molar-refractivity contribution in [2.45, 2.75) is 33.1 Å². The van der Waals surface area contributed by atoms with Gasteiger partial charge in [0.05, 0.1) is 10.2 Å². The van der Waals surface area contributed by atoms with E-state index in [0.717, 1.165) is 32.1 Å². The van der Waals surface area contributed by atoms with Crippen molar-refractivity contribution in [3.05, 3.63) is 39.0 Å². The third kappa shape index (κ3) is 3.38. The standard InChI is InChI=1S/C16H19BrClN3/c1-9-6-7-10(8-11(9)18)14-20-13(16(2,3)4)12(17)15(19-5)21-14/h6-8H,1-5H3,(H,19,20,21). The Morgan fingerprint density at radius 2 is 1.86 bits per heavy atom. The number of halogens is 2. The summed E-state index contributed by atoms with van der Waals surface area (Å²) < 4.78 is 0.902. The number of benzene rings is 1. The van der Waals surface area contributed by atoms with Crippen LogP contribution in [0.3, 0.4) is 0 Å². The number of hydrogen-bond donors (Lipinski definition) is 1. The van der Waals surface area contributed by atoms with Crippen LogP contribution in [0, 0.1) is 6.92 Å². The topological polar surface area (TPSA) is 37.8 Å². The first-order chi connectivity index (χ1) is 9.74. The van der Waals surface area contributed by atoms with Crippen LogP contribution < -0.4 is 5.32 Å². The average Bonchev–Trinajstić information content (AvgIpc) is 2.41. The second-order valence-electron chi connectivity index (χ2n) is 6.02. The highest BCUT2D eigenvalue weighted by Crippen LogP contribution is 2.34. The van der Waals surface area contributed by atoms with E-state index in [0.29, 0.717) is 5.82 Å². The Balaban J connectivity index is 2.66. The second kappa shape index (κ2) is 5.93. The highest BCUT2D eigenvalue weighted by atomic mass is 79.9. The van der Waals surface area contributed by atoms with E-state index in [1.807, 2.05) is 32.2 Å². The van der Waals surface area contributed by atoms with E-state index in [4.69, 9.17) is 16.6 Å². The number of anilines is 1. The Bertz CT molecular complexity index is 678. The first kappa shape index (κ1) is 16.2. The van der Waals surface area contributed by atoms with Gasteiger partial charge in [0.25, 0.3) is 0 Å². The predicted octanol–water partition coefficient (Wildman–Crippen LogP) is 5.21. The van der Waals surface area contributed by atoms with E-state index in [1.165, 1.54) is 0 Å². The molecule has 0 aliphatic rings. The number of aromatic nitrogens is 2. The van der Waals surface area contributed by atoms with E-state index in [-0.39, 0.29) is 5.41 Å². The van der Waals surface area contributed by atoms with Crippen LogP contribution in [-0.2, 0) is 5.41 Å². The molecule has 0 aliphatic heterocycles. The van der Waals surface area contributed by atoms with Gasteiger partial charge in [-0.25, -0.2) is 9.97 Å². The molecule has 1 aromatic heterocycles. The third-order valence-corrected chi connectivity index (χ3v) is 4.39. The van der Waals surface area contributed by atoms with Gasteiger partial charge in [0.1, 0.15) is 5.82 Å². The van der Waals surface area contributed by atoms with Gasteiger partial charge in [0.15, 0.2) is 5.82 Å². The highest BCUT2D eigenvalue weighted by Gasteiger charge is 2.23. The average molecular weight is 369 g/mol. The Kier molecular flexibility index (Phi) is 4.59. The van der Waals surface area contributed by atoms with Crippen LogP contribution in [0.25, 0.3) is 11.4 Å². The summed E-state index contributed by atoms with van der Waals surface area (Å²) in [4.78, 5) is 9.31. The molecule has 2 aromatic rings. The Labute approximate surface area is 139 Å². The van der Waals surface area contributed by atoms with Crippen LogP contribution >= 0.6 is 27.5 Å². The predicted molar refractivity (Wildman–Crippen MR) is 93.2 cm³/mol. The molecular weight excluding hydrogens is 350 g/mol. The Morgan fingerprint density at radius 1 is 1.19 bits per heavy atom. The van der Waals surface area contributed by atoms with Crippen molar-refractivity contribution in [3.63, 3.8) is 0 Å². The van der Waals surface area contributed by atoms with Gasteiger partial charge in [-0.3, -0.25) is 0 Å². The Hall–Kier alpha value is -1.13. The summed E-state index contributed by atoms with van der Waals surface area (Å²) in [5.41, 5.74) is 2.84. The van der Waals surface area contributed by atoms with E-state index in [2.05, 4.69) is 47.0 Å². The van der Waals surface area contributed by atoms with E-state index >= 15 is 0 Å². The third-order valence-electron chi connectivity index (χ3n) is 3.23. The summed E-state index contributed by atoms with van der Waals surface area (Å²) in [7, 11) is 1.85. The summed E-state index contributed by atoms with van der Waals surface area (Å²) in [6, 6.07) is 5.89. The van der Waals surface area contributed by atoms with Crippen LogP contribution in [0.2, 0.25) is 5.02 Å². The molecule has 1 heterocycles. The maximum atomic E-state index is 6.22. The van der Waals surface area contributed by atoms with Crippen LogP contribution in [0.4, 0.5) is 5.82 Å². The normalized spacial score (nSPS) is 11.6. The zero-order chi connectivity index (χ0) is 15.8. The zero-order valence-electron chi connectivity index (χ0n) is 12.9. The quantitative estimate of drug-likeness (QED) is 0.791. The molecule has 5 heteroatoms. The fraction of sp³-hybridized carbons (Fsp3) is 0.375. The molecule has 0 amide bonds. The number of nitrogens with one attached hydrogen (secondary N) is 1. The minimum Gasteiger partial charge on any atom is -0.372 e. The number of nitrogens with zero attached hydrogens (tertiary/aromatic N) is 2. The molecule has 3 nitrogen and oxygen atoms in total. The molecule has 0 bridgehead atoms.